The summed E-state index contributed by atoms with van der Waals surface area (Å²) in [4.78, 5) is 14.1. The van der Waals surface area contributed by atoms with Crippen molar-refractivity contribution < 1.29 is 17.7 Å². The summed E-state index contributed by atoms with van der Waals surface area (Å²) in [6.07, 6.45) is 0.739. The van der Waals surface area contributed by atoms with Crippen molar-refractivity contribution in [2.24, 2.45) is 0 Å². The molecule has 1 aromatic heterocycles. The molecule has 23 heavy (non-hydrogen) atoms. The van der Waals surface area contributed by atoms with E-state index >= 15 is 0 Å². The summed E-state index contributed by atoms with van der Waals surface area (Å²) in [5.41, 5.74) is 2.48. The van der Waals surface area contributed by atoms with Gasteiger partial charge in [-0.2, -0.15) is 0 Å². The lowest BCUT2D eigenvalue weighted by Crippen LogP contribution is -2.39. The molecule has 0 saturated heterocycles. The second-order valence-corrected chi connectivity index (χ2v) is 7.98. The van der Waals surface area contributed by atoms with E-state index < -0.39 is 21.5 Å². The number of aromatic nitrogens is 1. The van der Waals surface area contributed by atoms with Crippen LogP contribution in [0, 0.1) is 6.92 Å². The lowest BCUT2D eigenvalue weighted by Gasteiger charge is -2.22. The fourth-order valence-electron chi connectivity index (χ4n) is 2.96. The Morgan fingerprint density at radius 3 is 2.83 bits per heavy atom. The van der Waals surface area contributed by atoms with E-state index in [4.69, 9.17) is 4.52 Å². The van der Waals surface area contributed by atoms with Crippen LogP contribution in [0.3, 0.4) is 0 Å². The number of hydrogen-bond acceptors (Lipinski definition) is 5. The van der Waals surface area contributed by atoms with E-state index in [-0.39, 0.29) is 17.6 Å². The molecular weight excluding hydrogens is 316 g/mol. The van der Waals surface area contributed by atoms with E-state index in [9.17, 15) is 13.2 Å². The molecule has 1 aliphatic heterocycles. The first-order chi connectivity index (χ1) is 10.9. The smallest absolute Gasteiger partial charge is 0.242 e. The fraction of sp³-hybridized carbons (Fsp3) is 0.375. The van der Waals surface area contributed by atoms with Gasteiger partial charge in [-0.05, 0) is 31.9 Å². The van der Waals surface area contributed by atoms with Gasteiger partial charge in [-0.25, -0.2) is 8.42 Å². The number of rotatable bonds is 4. The van der Waals surface area contributed by atoms with E-state index in [1.54, 1.807) is 17.9 Å². The molecule has 0 N–H and O–H groups in total. The summed E-state index contributed by atoms with van der Waals surface area (Å²) in [7, 11) is -3.61. The summed E-state index contributed by atoms with van der Waals surface area (Å²) in [5.74, 6) is -1.00. The Labute approximate surface area is 135 Å². The molecule has 1 aliphatic rings. The highest BCUT2D eigenvalue weighted by atomic mass is 32.2. The molecule has 0 aliphatic carbocycles. The van der Waals surface area contributed by atoms with Crippen molar-refractivity contribution in [1.82, 2.24) is 5.16 Å². The van der Waals surface area contributed by atoms with Crippen molar-refractivity contribution in [3.05, 3.63) is 47.3 Å². The van der Waals surface area contributed by atoms with Crippen molar-refractivity contribution in [1.29, 1.82) is 0 Å². The first-order valence-electron chi connectivity index (χ1n) is 7.38. The van der Waals surface area contributed by atoms with Gasteiger partial charge >= 0.3 is 0 Å². The third-order valence-corrected chi connectivity index (χ3v) is 5.27. The van der Waals surface area contributed by atoms with Crippen molar-refractivity contribution in [3.63, 3.8) is 0 Å². The maximum Gasteiger partial charge on any atom is 0.242 e. The van der Waals surface area contributed by atoms with Crippen molar-refractivity contribution >= 4 is 21.4 Å². The highest BCUT2D eigenvalue weighted by molar-refractivity contribution is 7.91. The van der Waals surface area contributed by atoms with Crippen LogP contribution in [-0.4, -0.2) is 31.3 Å². The summed E-state index contributed by atoms with van der Waals surface area (Å²) in [6, 6.07) is 9.11. The molecule has 122 valence electrons. The van der Waals surface area contributed by atoms with E-state index in [1.165, 1.54) is 0 Å². The summed E-state index contributed by atoms with van der Waals surface area (Å²) < 4.78 is 29.4. The van der Waals surface area contributed by atoms with Gasteiger partial charge in [-0.15, -0.1) is 0 Å². The van der Waals surface area contributed by atoms with E-state index in [0.717, 1.165) is 17.7 Å². The number of para-hydroxylation sites is 1. The molecule has 3 rings (SSSR count). The molecule has 6 nitrogen and oxygen atoms in total. The van der Waals surface area contributed by atoms with Crippen LogP contribution in [0.2, 0.25) is 0 Å². The van der Waals surface area contributed by atoms with Crippen LogP contribution in [0.15, 0.2) is 34.9 Å². The van der Waals surface area contributed by atoms with Crippen LogP contribution in [0.5, 0.6) is 0 Å². The van der Waals surface area contributed by atoms with E-state index in [2.05, 4.69) is 5.16 Å². The van der Waals surface area contributed by atoms with Gasteiger partial charge in [0.15, 0.2) is 15.6 Å². The van der Waals surface area contributed by atoms with Crippen molar-refractivity contribution in [3.8, 4) is 0 Å². The van der Waals surface area contributed by atoms with E-state index in [1.807, 2.05) is 31.2 Å². The van der Waals surface area contributed by atoms with Gasteiger partial charge in [0.1, 0.15) is 11.5 Å². The van der Waals surface area contributed by atoms with Gasteiger partial charge in [-0.3, -0.25) is 4.79 Å². The van der Waals surface area contributed by atoms with Crippen LogP contribution >= 0.6 is 0 Å². The predicted octanol–water partition coefficient (Wildman–Crippen LogP) is 1.88. The maximum absolute atomic E-state index is 12.5. The fourth-order valence-corrected chi connectivity index (χ4v) is 4.14. The van der Waals surface area contributed by atoms with Crippen LogP contribution in [0.25, 0.3) is 0 Å². The predicted molar refractivity (Wildman–Crippen MR) is 85.8 cm³/mol. The number of hydrogen-bond donors (Lipinski definition) is 0. The largest absolute Gasteiger partial charge is 0.360 e. The van der Waals surface area contributed by atoms with Crippen LogP contribution in [0.1, 0.15) is 23.9 Å². The number of amides is 1. The highest BCUT2D eigenvalue weighted by Gasteiger charge is 2.33. The monoisotopic (exact) mass is 334 g/mol. The summed E-state index contributed by atoms with van der Waals surface area (Å²) in [5, 5.41) is 3.66. The number of carbonyl (C=O) groups is 1. The molecule has 0 unspecified atom stereocenters. The van der Waals surface area contributed by atoms with Crippen LogP contribution in [0.4, 0.5) is 5.69 Å². The molecule has 1 atom stereocenters. The third-order valence-electron chi connectivity index (χ3n) is 3.86. The van der Waals surface area contributed by atoms with Crippen LogP contribution in [-0.2, 0) is 26.8 Å². The zero-order chi connectivity index (χ0) is 16.6. The number of aryl methyl sites for hydroxylation is 1. The molecule has 0 radical (unpaired) electrons. The number of fused-ring (bicyclic) bond motifs is 1. The average molecular weight is 334 g/mol. The Morgan fingerprint density at radius 1 is 1.39 bits per heavy atom. The van der Waals surface area contributed by atoms with Gasteiger partial charge < -0.3 is 9.42 Å². The number of nitrogens with zero attached hydrogens (tertiary/aromatic N) is 2. The molecular formula is C16H18N2O4S. The second-order valence-electron chi connectivity index (χ2n) is 5.91. The summed E-state index contributed by atoms with van der Waals surface area (Å²) in [6.45, 7) is 3.64. The van der Waals surface area contributed by atoms with Gasteiger partial charge in [0.05, 0.1) is 5.69 Å². The molecule has 1 amide bonds. The second kappa shape index (κ2) is 5.81. The quantitative estimate of drug-likeness (QED) is 0.853. The first-order valence-corrected chi connectivity index (χ1v) is 9.20. The zero-order valence-electron chi connectivity index (χ0n) is 13.0. The van der Waals surface area contributed by atoms with Gasteiger partial charge in [0, 0.05) is 17.8 Å². The van der Waals surface area contributed by atoms with Crippen LogP contribution < -0.4 is 4.90 Å². The standard InChI is InChI=1S/C16H18N2O4S/c1-11-7-14(22-17-11)9-23(20,21)10-16(19)18-12(2)8-13-5-3-4-6-15(13)18/h3-7,12H,8-10H2,1-2H3/t12-/m1/s1. The Balaban J connectivity index is 1.76. The van der Waals surface area contributed by atoms with Crippen molar-refractivity contribution in [2.75, 3.05) is 10.7 Å². The minimum Gasteiger partial charge on any atom is -0.360 e. The van der Waals surface area contributed by atoms with Gasteiger partial charge in [-0.1, -0.05) is 23.4 Å². The number of carbonyl (C=O) groups excluding carboxylic acids is 1. The number of benzene rings is 1. The number of anilines is 1. The molecule has 0 fully saturated rings. The Kier molecular flexibility index (Phi) is 3.97. The molecule has 1 aromatic carbocycles. The van der Waals surface area contributed by atoms with Crippen molar-refractivity contribution in [2.45, 2.75) is 32.1 Å². The topological polar surface area (TPSA) is 80.5 Å². The zero-order valence-corrected chi connectivity index (χ0v) is 13.8. The lowest BCUT2D eigenvalue weighted by atomic mass is 10.1. The Hall–Kier alpha value is -2.15. The third kappa shape index (κ3) is 3.29. The van der Waals surface area contributed by atoms with E-state index in [0.29, 0.717) is 5.69 Å². The lowest BCUT2D eigenvalue weighted by molar-refractivity contribution is -0.116. The SMILES string of the molecule is Cc1cc(CS(=O)(=O)CC(=O)N2c3ccccc3C[C@H]2C)on1. The minimum atomic E-state index is -3.61. The normalized spacial score (nSPS) is 17.3. The highest BCUT2D eigenvalue weighted by Crippen LogP contribution is 2.32. The molecule has 0 spiro atoms. The molecule has 0 saturated carbocycles. The maximum atomic E-state index is 12.5. The Morgan fingerprint density at radius 2 is 2.13 bits per heavy atom. The van der Waals surface area contributed by atoms with Gasteiger partial charge in [0.25, 0.3) is 0 Å². The molecule has 0 bridgehead atoms. The molecule has 2 heterocycles. The summed E-state index contributed by atoms with van der Waals surface area (Å²) >= 11 is 0. The first kappa shape index (κ1) is 15.7. The number of sulfone groups is 1. The van der Waals surface area contributed by atoms with Gasteiger partial charge in [0.2, 0.25) is 5.91 Å². The average Bonchev–Trinajstić information content (AvgIpc) is 2.99. The minimum absolute atomic E-state index is 0.0392. The Bertz CT molecular complexity index is 841. The molecule has 2 aromatic rings. The molecule has 7 heteroatoms.